The molecular formula is C19H15ClN4O2S2. The predicted molar refractivity (Wildman–Crippen MR) is 113 cm³/mol. The summed E-state index contributed by atoms with van der Waals surface area (Å²) in [6.07, 6.45) is 1.60. The predicted octanol–water partition coefficient (Wildman–Crippen LogP) is 5.69. The SMILES string of the molecule is Cc1cc(OCc2ccc(C=Nn3c(-c4cccs4)n[nH]c3=S)o2)ccc1Cl. The van der Waals surface area contributed by atoms with Crippen LogP contribution >= 0.6 is 35.2 Å². The van der Waals surface area contributed by atoms with Crippen LogP contribution in [0.15, 0.2) is 57.4 Å². The van der Waals surface area contributed by atoms with Crippen molar-refractivity contribution in [3.63, 3.8) is 0 Å². The molecular weight excluding hydrogens is 416 g/mol. The average Bonchev–Trinajstić information content (AvgIpc) is 3.42. The van der Waals surface area contributed by atoms with Crippen molar-refractivity contribution >= 4 is 41.4 Å². The minimum Gasteiger partial charge on any atom is -0.486 e. The second kappa shape index (κ2) is 8.14. The van der Waals surface area contributed by atoms with Crippen LogP contribution in [0, 0.1) is 11.7 Å². The molecule has 6 nitrogen and oxygen atoms in total. The van der Waals surface area contributed by atoms with Crippen LogP contribution in [0.4, 0.5) is 0 Å². The molecule has 0 aliphatic carbocycles. The minimum absolute atomic E-state index is 0.306. The Morgan fingerprint density at radius 3 is 3.04 bits per heavy atom. The van der Waals surface area contributed by atoms with E-state index in [4.69, 9.17) is 33.0 Å². The van der Waals surface area contributed by atoms with Gasteiger partial charge in [0.2, 0.25) is 4.77 Å². The van der Waals surface area contributed by atoms with Gasteiger partial charge in [0.15, 0.2) is 5.82 Å². The number of nitrogens with zero attached hydrogens (tertiary/aromatic N) is 3. The van der Waals surface area contributed by atoms with Crippen LogP contribution in [0.3, 0.4) is 0 Å². The van der Waals surface area contributed by atoms with E-state index in [1.807, 2.05) is 54.8 Å². The van der Waals surface area contributed by atoms with E-state index in [-0.39, 0.29) is 0 Å². The molecule has 0 radical (unpaired) electrons. The summed E-state index contributed by atoms with van der Waals surface area (Å²) in [5, 5.41) is 14.1. The van der Waals surface area contributed by atoms with Crippen molar-refractivity contribution in [2.75, 3.05) is 0 Å². The number of thiophene rings is 1. The van der Waals surface area contributed by atoms with Crippen LogP contribution in [-0.2, 0) is 6.61 Å². The monoisotopic (exact) mass is 430 g/mol. The summed E-state index contributed by atoms with van der Waals surface area (Å²) in [7, 11) is 0. The van der Waals surface area contributed by atoms with Gasteiger partial charge in [-0.1, -0.05) is 17.7 Å². The van der Waals surface area contributed by atoms with Gasteiger partial charge < -0.3 is 9.15 Å². The number of furan rings is 1. The number of hydrogen-bond acceptors (Lipinski definition) is 6. The molecule has 1 aromatic carbocycles. The highest BCUT2D eigenvalue weighted by Crippen LogP contribution is 2.23. The van der Waals surface area contributed by atoms with Crippen molar-refractivity contribution in [1.82, 2.24) is 14.9 Å². The van der Waals surface area contributed by atoms with Crippen molar-refractivity contribution in [3.05, 3.63) is 74.7 Å². The number of ether oxygens (including phenoxy) is 1. The molecule has 4 aromatic rings. The second-order valence-corrected chi connectivity index (χ2v) is 7.63. The number of benzene rings is 1. The highest BCUT2D eigenvalue weighted by Gasteiger charge is 2.09. The van der Waals surface area contributed by atoms with Crippen molar-refractivity contribution in [1.29, 1.82) is 0 Å². The normalized spacial score (nSPS) is 11.4. The van der Waals surface area contributed by atoms with Crippen molar-refractivity contribution < 1.29 is 9.15 Å². The molecule has 0 spiro atoms. The number of hydrogen-bond donors (Lipinski definition) is 1. The van der Waals surface area contributed by atoms with E-state index in [0.29, 0.717) is 33.7 Å². The van der Waals surface area contributed by atoms with E-state index in [1.165, 1.54) is 0 Å². The van der Waals surface area contributed by atoms with Crippen LogP contribution < -0.4 is 4.74 Å². The van der Waals surface area contributed by atoms with E-state index >= 15 is 0 Å². The largest absolute Gasteiger partial charge is 0.486 e. The molecule has 3 heterocycles. The zero-order chi connectivity index (χ0) is 19.5. The lowest BCUT2D eigenvalue weighted by Gasteiger charge is -2.05. The standard InChI is InChI=1S/C19H15ClN4O2S2/c1-12-9-13(6-7-16(12)20)25-11-15-5-4-14(26-15)10-21-24-18(22-23-19(24)27)17-3-2-8-28-17/h2-10H,11H2,1H3,(H,23,27). The summed E-state index contributed by atoms with van der Waals surface area (Å²) in [6, 6.07) is 13.1. The fourth-order valence-electron chi connectivity index (χ4n) is 2.48. The third-order valence-corrected chi connectivity index (χ3v) is 5.44. The molecule has 0 saturated heterocycles. The molecule has 0 aliphatic heterocycles. The lowest BCUT2D eigenvalue weighted by atomic mass is 10.2. The van der Waals surface area contributed by atoms with Crippen LogP contribution in [0.2, 0.25) is 5.02 Å². The first-order valence-electron chi connectivity index (χ1n) is 8.33. The highest BCUT2D eigenvalue weighted by atomic mass is 35.5. The van der Waals surface area contributed by atoms with Gasteiger partial charge in [0.05, 0.1) is 11.1 Å². The zero-order valence-electron chi connectivity index (χ0n) is 14.8. The molecule has 9 heteroatoms. The van der Waals surface area contributed by atoms with Gasteiger partial charge in [0.25, 0.3) is 0 Å². The van der Waals surface area contributed by atoms with Crippen LogP contribution in [0.1, 0.15) is 17.1 Å². The summed E-state index contributed by atoms with van der Waals surface area (Å²) in [5.41, 5.74) is 0.963. The zero-order valence-corrected chi connectivity index (χ0v) is 17.1. The van der Waals surface area contributed by atoms with E-state index in [2.05, 4.69) is 15.3 Å². The van der Waals surface area contributed by atoms with Gasteiger partial charge in [0, 0.05) is 5.02 Å². The summed E-state index contributed by atoms with van der Waals surface area (Å²) in [4.78, 5) is 0.969. The molecule has 0 saturated carbocycles. The number of nitrogens with one attached hydrogen (secondary N) is 1. The number of H-pyrrole nitrogens is 1. The average molecular weight is 431 g/mol. The first-order chi connectivity index (χ1) is 13.6. The van der Waals surface area contributed by atoms with Gasteiger partial charge in [-0.25, -0.2) is 5.10 Å². The molecule has 0 amide bonds. The molecule has 0 atom stereocenters. The lowest BCUT2D eigenvalue weighted by molar-refractivity contribution is 0.269. The third-order valence-electron chi connectivity index (χ3n) is 3.89. The Hall–Kier alpha value is -2.68. The number of rotatable bonds is 6. The molecule has 142 valence electrons. The number of aromatic nitrogens is 3. The fourth-order valence-corrected chi connectivity index (χ4v) is 3.48. The van der Waals surface area contributed by atoms with E-state index in [1.54, 1.807) is 22.2 Å². The van der Waals surface area contributed by atoms with Crippen LogP contribution in [-0.4, -0.2) is 21.1 Å². The Morgan fingerprint density at radius 1 is 1.36 bits per heavy atom. The molecule has 1 N–H and O–H groups in total. The van der Waals surface area contributed by atoms with E-state index in [9.17, 15) is 0 Å². The van der Waals surface area contributed by atoms with Gasteiger partial charge in [-0.15, -0.1) is 11.3 Å². The third kappa shape index (κ3) is 4.09. The van der Waals surface area contributed by atoms with Crippen molar-refractivity contribution in [2.45, 2.75) is 13.5 Å². The number of halogens is 1. The first-order valence-corrected chi connectivity index (χ1v) is 10.00. The highest BCUT2D eigenvalue weighted by molar-refractivity contribution is 7.71. The Morgan fingerprint density at radius 2 is 2.25 bits per heavy atom. The number of aryl methyl sites for hydroxylation is 1. The molecule has 0 bridgehead atoms. The molecule has 0 fully saturated rings. The molecule has 0 unspecified atom stereocenters. The van der Waals surface area contributed by atoms with Gasteiger partial charge in [-0.2, -0.15) is 14.9 Å². The minimum atomic E-state index is 0.306. The summed E-state index contributed by atoms with van der Waals surface area (Å²) < 4.78 is 13.5. The van der Waals surface area contributed by atoms with Crippen LogP contribution in [0.5, 0.6) is 5.75 Å². The molecule has 0 aliphatic rings. The summed E-state index contributed by atoms with van der Waals surface area (Å²) >= 11 is 12.9. The number of aromatic amines is 1. The van der Waals surface area contributed by atoms with Crippen molar-refractivity contribution in [2.24, 2.45) is 5.10 Å². The molecule has 28 heavy (non-hydrogen) atoms. The quantitative estimate of drug-likeness (QED) is 0.315. The lowest BCUT2D eigenvalue weighted by Crippen LogP contribution is -1.94. The summed E-state index contributed by atoms with van der Waals surface area (Å²) in [6.45, 7) is 2.24. The maximum Gasteiger partial charge on any atom is 0.216 e. The molecule has 3 aromatic heterocycles. The van der Waals surface area contributed by atoms with E-state index in [0.717, 1.165) is 16.2 Å². The second-order valence-electron chi connectivity index (χ2n) is 5.89. The first kappa shape index (κ1) is 18.7. The van der Waals surface area contributed by atoms with Gasteiger partial charge >= 0.3 is 0 Å². The Bertz CT molecular complexity index is 1170. The maximum atomic E-state index is 6.03. The van der Waals surface area contributed by atoms with E-state index < -0.39 is 0 Å². The molecule has 4 rings (SSSR count). The Kier molecular flexibility index (Phi) is 5.43. The van der Waals surface area contributed by atoms with Crippen LogP contribution in [0.25, 0.3) is 10.7 Å². The Balaban J connectivity index is 1.46. The summed E-state index contributed by atoms with van der Waals surface area (Å²) in [5.74, 6) is 2.66. The van der Waals surface area contributed by atoms with Crippen molar-refractivity contribution in [3.8, 4) is 16.5 Å². The van der Waals surface area contributed by atoms with Gasteiger partial charge in [-0.3, -0.25) is 0 Å². The van der Waals surface area contributed by atoms with Gasteiger partial charge in [0.1, 0.15) is 23.9 Å². The smallest absolute Gasteiger partial charge is 0.216 e. The maximum absolute atomic E-state index is 6.03. The fraction of sp³-hybridized carbons (Fsp3) is 0.105. The topological polar surface area (TPSA) is 68.3 Å². The van der Waals surface area contributed by atoms with Gasteiger partial charge in [-0.05, 0) is 66.5 Å². The Labute approximate surface area is 175 Å².